The molecule has 0 saturated carbocycles. The lowest BCUT2D eigenvalue weighted by Gasteiger charge is -2.09. The second-order valence-electron chi connectivity index (χ2n) is 3.15. The highest BCUT2D eigenvalue weighted by Gasteiger charge is 2.23. The lowest BCUT2D eigenvalue weighted by Crippen LogP contribution is -2.27. The molecule has 0 bridgehead atoms. The monoisotopic (exact) mass is 213 g/mol. The summed E-state index contributed by atoms with van der Waals surface area (Å²) >= 11 is 0. The van der Waals surface area contributed by atoms with Gasteiger partial charge in [-0.15, -0.1) is 0 Å². The van der Waals surface area contributed by atoms with Crippen molar-refractivity contribution in [1.29, 1.82) is 0 Å². The Morgan fingerprint density at radius 3 is 1.44 bits per heavy atom. The van der Waals surface area contributed by atoms with E-state index in [-0.39, 0.29) is 0 Å². The first-order chi connectivity index (χ1) is 7.84. The summed E-state index contributed by atoms with van der Waals surface area (Å²) < 4.78 is 10.1. The largest absolute Gasteiger partial charge is 0.815 e. The minimum absolute atomic E-state index is 0.499. The number of rotatable bonds is 4. The third-order valence-corrected chi connectivity index (χ3v) is 1.95. The van der Waals surface area contributed by atoms with E-state index in [2.05, 4.69) is 0 Å². The van der Waals surface area contributed by atoms with Crippen molar-refractivity contribution in [2.45, 2.75) is 0 Å². The van der Waals surface area contributed by atoms with Gasteiger partial charge in [0.25, 0.3) is 0 Å². The van der Waals surface area contributed by atoms with Gasteiger partial charge in [-0.1, -0.05) is 36.4 Å². The Morgan fingerprint density at radius 2 is 1.06 bits per heavy atom. The standard InChI is InChI=1S/C12H10BO3/c14-13(15-11-7-3-1-4-8-11)16-12-9-5-2-6-10-12/h1-10H. The van der Waals surface area contributed by atoms with Gasteiger partial charge in [0.2, 0.25) is 0 Å². The van der Waals surface area contributed by atoms with Crippen LogP contribution in [-0.2, 0) is 5.02 Å². The number of para-hydroxylation sites is 2. The SMILES string of the molecule is [O]B(Oc1ccccc1)Oc1ccccc1. The molecule has 16 heavy (non-hydrogen) atoms. The molecule has 0 saturated heterocycles. The summed E-state index contributed by atoms with van der Waals surface area (Å²) in [4.78, 5) is 0. The summed E-state index contributed by atoms with van der Waals surface area (Å²) in [6.45, 7) is 0. The third kappa shape index (κ3) is 3.03. The summed E-state index contributed by atoms with van der Waals surface area (Å²) in [6, 6.07) is 17.7. The molecular formula is C12H10BO3. The predicted octanol–water partition coefficient (Wildman–Crippen LogP) is 2.56. The highest BCUT2D eigenvalue weighted by molar-refractivity contribution is 6.36. The van der Waals surface area contributed by atoms with Gasteiger partial charge in [-0.2, -0.15) is 0 Å². The first-order valence-electron chi connectivity index (χ1n) is 4.94. The zero-order valence-corrected chi connectivity index (χ0v) is 8.58. The van der Waals surface area contributed by atoms with Crippen LogP contribution in [0.2, 0.25) is 0 Å². The van der Waals surface area contributed by atoms with Crippen LogP contribution in [0.1, 0.15) is 0 Å². The molecule has 0 aromatic heterocycles. The van der Waals surface area contributed by atoms with E-state index >= 15 is 0 Å². The molecule has 1 radical (unpaired) electrons. The smallest absolute Gasteiger partial charge is 0.500 e. The average molecular weight is 213 g/mol. The first kappa shape index (κ1) is 10.6. The topological polar surface area (TPSA) is 38.4 Å². The molecule has 0 aliphatic carbocycles. The molecule has 2 rings (SSSR count). The molecule has 0 aliphatic rings. The molecule has 79 valence electrons. The van der Waals surface area contributed by atoms with Crippen LogP contribution in [0.25, 0.3) is 0 Å². The van der Waals surface area contributed by atoms with Gasteiger partial charge in [-0.25, -0.2) is 5.02 Å². The molecule has 3 nitrogen and oxygen atoms in total. The van der Waals surface area contributed by atoms with Gasteiger partial charge in [0.1, 0.15) is 11.5 Å². The Bertz CT molecular complexity index is 377. The maximum absolute atomic E-state index is 11.4. The van der Waals surface area contributed by atoms with Gasteiger partial charge in [0.05, 0.1) is 0 Å². The lowest BCUT2D eigenvalue weighted by atomic mass is 10.2. The van der Waals surface area contributed by atoms with Gasteiger partial charge in [-0.05, 0) is 24.3 Å². The maximum atomic E-state index is 11.4. The second kappa shape index (κ2) is 5.23. The molecule has 0 unspecified atom stereocenters. The molecule has 0 N–H and O–H groups in total. The number of hydrogen-bond acceptors (Lipinski definition) is 2. The van der Waals surface area contributed by atoms with Crippen LogP contribution in [-0.4, -0.2) is 7.32 Å². The van der Waals surface area contributed by atoms with Crippen molar-refractivity contribution < 1.29 is 14.3 Å². The quantitative estimate of drug-likeness (QED) is 0.732. The minimum Gasteiger partial charge on any atom is -0.500 e. The van der Waals surface area contributed by atoms with Gasteiger partial charge in [0, 0.05) is 0 Å². The molecule has 0 atom stereocenters. The summed E-state index contributed by atoms with van der Waals surface area (Å²) in [5, 5.41) is 11.4. The summed E-state index contributed by atoms with van der Waals surface area (Å²) in [5.41, 5.74) is 0. The normalized spacial score (nSPS) is 9.56. The van der Waals surface area contributed by atoms with Crippen molar-refractivity contribution in [3.8, 4) is 11.5 Å². The Kier molecular flexibility index (Phi) is 3.46. The fourth-order valence-electron chi connectivity index (χ4n) is 1.24. The molecule has 0 aliphatic heterocycles. The van der Waals surface area contributed by atoms with E-state index in [0.29, 0.717) is 11.5 Å². The Balaban J connectivity index is 1.92. The molecule has 4 heteroatoms. The van der Waals surface area contributed by atoms with Gasteiger partial charge in [-0.3, -0.25) is 0 Å². The minimum atomic E-state index is -1.55. The molecule has 0 spiro atoms. The number of benzene rings is 2. The van der Waals surface area contributed by atoms with Crippen LogP contribution in [0.5, 0.6) is 11.5 Å². The van der Waals surface area contributed by atoms with Crippen molar-refractivity contribution in [1.82, 2.24) is 0 Å². The van der Waals surface area contributed by atoms with E-state index in [9.17, 15) is 5.02 Å². The lowest BCUT2D eigenvalue weighted by molar-refractivity contribution is 0.247. The zero-order valence-electron chi connectivity index (χ0n) is 8.58. The van der Waals surface area contributed by atoms with Crippen molar-refractivity contribution in [2.24, 2.45) is 0 Å². The highest BCUT2D eigenvalue weighted by Crippen LogP contribution is 2.13. The Morgan fingerprint density at radius 1 is 0.688 bits per heavy atom. The fraction of sp³-hybridized carbons (Fsp3) is 0. The summed E-state index contributed by atoms with van der Waals surface area (Å²) in [5.74, 6) is 0.997. The van der Waals surface area contributed by atoms with Crippen LogP contribution < -0.4 is 9.31 Å². The van der Waals surface area contributed by atoms with Gasteiger partial charge in [0.15, 0.2) is 0 Å². The number of hydrogen-bond donors (Lipinski definition) is 0. The summed E-state index contributed by atoms with van der Waals surface area (Å²) in [7, 11) is -1.55. The molecule has 2 aromatic rings. The second-order valence-corrected chi connectivity index (χ2v) is 3.15. The van der Waals surface area contributed by atoms with Crippen LogP contribution >= 0.6 is 0 Å². The van der Waals surface area contributed by atoms with Gasteiger partial charge >= 0.3 is 7.32 Å². The van der Waals surface area contributed by atoms with E-state index in [4.69, 9.17) is 9.31 Å². The van der Waals surface area contributed by atoms with Crippen LogP contribution in [0.15, 0.2) is 60.7 Å². The first-order valence-corrected chi connectivity index (χ1v) is 4.94. The fourth-order valence-corrected chi connectivity index (χ4v) is 1.24. The summed E-state index contributed by atoms with van der Waals surface area (Å²) in [6.07, 6.45) is 0. The highest BCUT2D eigenvalue weighted by atomic mass is 16.7. The van der Waals surface area contributed by atoms with Gasteiger partial charge < -0.3 is 9.31 Å². The van der Waals surface area contributed by atoms with Crippen molar-refractivity contribution >= 4 is 7.32 Å². The van der Waals surface area contributed by atoms with Crippen molar-refractivity contribution in [3.63, 3.8) is 0 Å². The van der Waals surface area contributed by atoms with Crippen LogP contribution in [0.3, 0.4) is 0 Å². The molecular weight excluding hydrogens is 203 g/mol. The third-order valence-electron chi connectivity index (χ3n) is 1.95. The molecule has 0 fully saturated rings. The maximum Gasteiger partial charge on any atom is 0.815 e. The van der Waals surface area contributed by atoms with E-state index in [0.717, 1.165) is 0 Å². The average Bonchev–Trinajstić information content (AvgIpc) is 2.31. The van der Waals surface area contributed by atoms with E-state index in [1.165, 1.54) is 0 Å². The molecule has 2 aromatic carbocycles. The van der Waals surface area contributed by atoms with E-state index in [1.807, 2.05) is 12.1 Å². The zero-order chi connectivity index (χ0) is 11.2. The van der Waals surface area contributed by atoms with Crippen molar-refractivity contribution in [3.05, 3.63) is 60.7 Å². The van der Waals surface area contributed by atoms with Crippen LogP contribution in [0.4, 0.5) is 0 Å². The molecule has 0 amide bonds. The van der Waals surface area contributed by atoms with Crippen molar-refractivity contribution in [2.75, 3.05) is 0 Å². The molecule has 0 heterocycles. The van der Waals surface area contributed by atoms with E-state index in [1.54, 1.807) is 48.5 Å². The van der Waals surface area contributed by atoms with E-state index < -0.39 is 7.32 Å². The predicted molar refractivity (Wildman–Crippen MR) is 60.6 cm³/mol. The Hall–Kier alpha value is -1.94. The van der Waals surface area contributed by atoms with Crippen LogP contribution in [0, 0.1) is 0 Å². The Labute approximate surface area is 94.4 Å².